The number of aliphatic carboxylic acids is 1. The van der Waals surface area contributed by atoms with Crippen molar-refractivity contribution in [3.63, 3.8) is 0 Å². The number of benzene rings is 4. The lowest BCUT2D eigenvalue weighted by atomic mass is 9.92. The van der Waals surface area contributed by atoms with Crippen LogP contribution in [0.5, 0.6) is 0 Å². The average Bonchev–Trinajstić information content (AvgIpc) is 3.16. The predicted molar refractivity (Wildman–Crippen MR) is 127 cm³/mol. The Labute approximate surface area is 190 Å². The number of carboxylic acid groups (broad SMARTS) is 1. The van der Waals surface area contributed by atoms with Crippen LogP contribution in [0, 0.1) is 0 Å². The van der Waals surface area contributed by atoms with Crippen molar-refractivity contribution < 1.29 is 19.4 Å². The maximum absolute atomic E-state index is 13.4. The first-order chi connectivity index (χ1) is 16.1. The van der Waals surface area contributed by atoms with E-state index in [0.717, 1.165) is 38.6 Å². The Morgan fingerprint density at radius 3 is 2.15 bits per heavy atom. The van der Waals surface area contributed by atoms with Crippen molar-refractivity contribution >= 4 is 28.5 Å². The molecule has 0 bridgehead atoms. The van der Waals surface area contributed by atoms with Crippen molar-refractivity contribution in [2.45, 2.75) is 18.4 Å². The first-order valence-electron chi connectivity index (χ1n) is 11.0. The van der Waals surface area contributed by atoms with Gasteiger partial charge in [-0.3, -0.25) is 4.90 Å². The van der Waals surface area contributed by atoms with Crippen molar-refractivity contribution in [3.05, 3.63) is 102 Å². The number of anilines is 1. The normalized spacial score (nSPS) is 16.4. The van der Waals surface area contributed by atoms with Gasteiger partial charge in [0.2, 0.25) is 0 Å². The Bertz CT molecular complexity index is 1380. The largest absolute Gasteiger partial charge is 0.480 e. The Balaban J connectivity index is 1.35. The van der Waals surface area contributed by atoms with Crippen LogP contribution in [-0.4, -0.2) is 29.8 Å². The topological polar surface area (TPSA) is 66.8 Å². The molecule has 0 aromatic heterocycles. The van der Waals surface area contributed by atoms with E-state index in [4.69, 9.17) is 4.74 Å². The van der Waals surface area contributed by atoms with Crippen LogP contribution in [0.3, 0.4) is 0 Å². The van der Waals surface area contributed by atoms with Gasteiger partial charge < -0.3 is 9.84 Å². The molecule has 0 spiro atoms. The van der Waals surface area contributed by atoms with Gasteiger partial charge in [-0.1, -0.05) is 78.9 Å². The molecule has 2 aliphatic rings. The fourth-order valence-corrected chi connectivity index (χ4v) is 5.32. The van der Waals surface area contributed by atoms with Gasteiger partial charge >= 0.3 is 12.1 Å². The molecule has 0 saturated carbocycles. The van der Waals surface area contributed by atoms with Gasteiger partial charge in [-0.15, -0.1) is 0 Å². The number of hydrogen-bond donors (Lipinski definition) is 1. The van der Waals surface area contributed by atoms with E-state index >= 15 is 0 Å². The fraction of sp³-hybridized carbons (Fsp3) is 0.143. The van der Waals surface area contributed by atoms with Gasteiger partial charge in [0, 0.05) is 17.7 Å². The smallest absolute Gasteiger partial charge is 0.415 e. The molecule has 4 aromatic carbocycles. The van der Waals surface area contributed by atoms with E-state index in [1.54, 1.807) is 6.07 Å². The van der Waals surface area contributed by atoms with Gasteiger partial charge in [0.15, 0.2) is 0 Å². The molecule has 1 atom stereocenters. The van der Waals surface area contributed by atoms with Gasteiger partial charge in [-0.25, -0.2) is 9.59 Å². The van der Waals surface area contributed by atoms with Crippen LogP contribution in [0.15, 0.2) is 84.9 Å². The summed E-state index contributed by atoms with van der Waals surface area (Å²) in [6.45, 7) is 0.146. The van der Waals surface area contributed by atoms with Crippen molar-refractivity contribution in [1.29, 1.82) is 0 Å². The maximum atomic E-state index is 13.4. The van der Waals surface area contributed by atoms with E-state index in [2.05, 4.69) is 24.3 Å². The van der Waals surface area contributed by atoms with Gasteiger partial charge in [-0.05, 0) is 39.3 Å². The summed E-state index contributed by atoms with van der Waals surface area (Å²) < 4.78 is 5.83. The molecule has 162 valence electrons. The van der Waals surface area contributed by atoms with Crippen LogP contribution >= 0.6 is 0 Å². The predicted octanol–water partition coefficient (Wildman–Crippen LogP) is 5.60. The van der Waals surface area contributed by atoms with Crippen molar-refractivity contribution in [2.24, 2.45) is 0 Å². The lowest BCUT2D eigenvalue weighted by Gasteiger charge is -2.34. The molecule has 1 N–H and O–H groups in total. The lowest BCUT2D eigenvalue weighted by Crippen LogP contribution is -2.49. The molecule has 1 unspecified atom stereocenters. The highest BCUT2D eigenvalue weighted by molar-refractivity contribution is 6.08. The third kappa shape index (κ3) is 3.00. The number of hydrogen-bond acceptors (Lipinski definition) is 3. The zero-order valence-corrected chi connectivity index (χ0v) is 17.8. The Hall–Kier alpha value is -4.12. The minimum atomic E-state index is -1.05. The summed E-state index contributed by atoms with van der Waals surface area (Å²) >= 11 is 0. The van der Waals surface area contributed by atoms with Gasteiger partial charge in [0.05, 0.1) is 5.69 Å². The molecule has 6 rings (SSSR count). The second-order valence-corrected chi connectivity index (χ2v) is 8.52. The van der Waals surface area contributed by atoms with Crippen molar-refractivity contribution in [2.75, 3.05) is 11.5 Å². The van der Waals surface area contributed by atoms with E-state index in [1.165, 1.54) is 4.90 Å². The van der Waals surface area contributed by atoms with Crippen molar-refractivity contribution in [3.8, 4) is 11.1 Å². The number of carboxylic acids is 1. The molecule has 0 fully saturated rings. The van der Waals surface area contributed by atoms with Crippen LogP contribution in [0.4, 0.5) is 10.5 Å². The van der Waals surface area contributed by atoms with Crippen LogP contribution in [-0.2, 0) is 16.0 Å². The summed E-state index contributed by atoms with van der Waals surface area (Å²) in [5.41, 5.74) is 6.04. The monoisotopic (exact) mass is 435 g/mol. The number of ether oxygens (including phenoxy) is 1. The molecule has 1 heterocycles. The average molecular weight is 435 g/mol. The van der Waals surface area contributed by atoms with Crippen LogP contribution in [0.25, 0.3) is 21.9 Å². The zero-order chi connectivity index (χ0) is 22.5. The number of carbonyl (C=O) groups excluding carboxylic acids is 1. The van der Waals surface area contributed by atoms with E-state index in [-0.39, 0.29) is 18.9 Å². The molecular weight excluding hydrogens is 414 g/mol. The van der Waals surface area contributed by atoms with Gasteiger partial charge in [0.1, 0.15) is 12.6 Å². The second kappa shape index (κ2) is 7.48. The Morgan fingerprint density at radius 1 is 0.848 bits per heavy atom. The molecule has 1 aliphatic carbocycles. The highest BCUT2D eigenvalue weighted by Crippen LogP contribution is 2.45. The summed E-state index contributed by atoms with van der Waals surface area (Å²) in [7, 11) is 0. The Kier molecular flexibility index (Phi) is 4.44. The molecule has 5 heteroatoms. The van der Waals surface area contributed by atoms with Crippen LogP contribution < -0.4 is 4.90 Å². The molecule has 1 aliphatic heterocycles. The van der Waals surface area contributed by atoms with E-state index in [9.17, 15) is 14.7 Å². The van der Waals surface area contributed by atoms with Crippen LogP contribution in [0.2, 0.25) is 0 Å². The summed E-state index contributed by atoms with van der Waals surface area (Å²) in [5, 5.41) is 11.8. The summed E-state index contributed by atoms with van der Waals surface area (Å²) in [4.78, 5) is 26.8. The quantitative estimate of drug-likeness (QED) is 0.455. The van der Waals surface area contributed by atoms with E-state index in [1.807, 2.05) is 54.6 Å². The molecule has 33 heavy (non-hydrogen) atoms. The second-order valence-electron chi connectivity index (χ2n) is 8.52. The molecule has 1 amide bonds. The van der Waals surface area contributed by atoms with E-state index in [0.29, 0.717) is 5.69 Å². The number of amides is 1. The molecular formula is C28H21NO4. The third-order valence-corrected chi connectivity index (χ3v) is 6.77. The molecule has 4 aromatic rings. The van der Waals surface area contributed by atoms with Crippen LogP contribution in [0.1, 0.15) is 22.6 Å². The number of carbonyl (C=O) groups is 2. The highest BCUT2D eigenvalue weighted by Gasteiger charge is 2.38. The number of rotatable bonds is 3. The maximum Gasteiger partial charge on any atom is 0.415 e. The standard InChI is InChI=1S/C28H21NO4/c30-27(31)25-15-18-9-5-7-17-8-6-14-24(26(17)18)29(25)28(32)33-16-23-21-12-3-1-10-19(21)20-11-2-4-13-22(20)23/h1-14,23,25H,15-16H2,(H,30,31). The number of fused-ring (bicyclic) bond motifs is 3. The van der Waals surface area contributed by atoms with E-state index < -0.39 is 18.1 Å². The fourth-order valence-electron chi connectivity index (χ4n) is 5.32. The number of nitrogens with zero attached hydrogens (tertiary/aromatic N) is 1. The summed E-state index contributed by atoms with van der Waals surface area (Å²) in [6.07, 6.45) is -0.389. The highest BCUT2D eigenvalue weighted by atomic mass is 16.6. The molecule has 0 saturated heterocycles. The van der Waals surface area contributed by atoms with Crippen molar-refractivity contribution in [1.82, 2.24) is 0 Å². The summed E-state index contributed by atoms with van der Waals surface area (Å²) in [6, 6.07) is 26.7. The third-order valence-electron chi connectivity index (χ3n) is 6.77. The summed E-state index contributed by atoms with van der Waals surface area (Å²) in [5.74, 6) is -1.13. The lowest BCUT2D eigenvalue weighted by molar-refractivity contribution is -0.138. The van der Waals surface area contributed by atoms with Gasteiger partial charge in [-0.2, -0.15) is 0 Å². The SMILES string of the molecule is O=C(O)C1Cc2cccc3cccc(c23)N1C(=O)OCC1c2ccccc2-c2ccccc21. The minimum absolute atomic E-state index is 0.0857. The van der Waals surface area contributed by atoms with Gasteiger partial charge in [0.25, 0.3) is 0 Å². The first kappa shape index (κ1) is 19.6. The Morgan fingerprint density at radius 2 is 1.48 bits per heavy atom. The minimum Gasteiger partial charge on any atom is -0.480 e. The molecule has 5 nitrogen and oxygen atoms in total. The zero-order valence-electron chi connectivity index (χ0n) is 17.8. The first-order valence-corrected chi connectivity index (χ1v) is 11.0. The molecule has 0 radical (unpaired) electrons.